The fraction of sp³-hybridized carbons (Fsp3) is 0.0741. The van der Waals surface area contributed by atoms with Gasteiger partial charge in [-0.25, -0.2) is 4.42 Å². The lowest BCUT2D eigenvalue weighted by Gasteiger charge is -2.03. The van der Waals surface area contributed by atoms with E-state index in [2.05, 4.69) is 61.5 Å². The lowest BCUT2D eigenvalue weighted by atomic mass is 10.0. The highest BCUT2D eigenvalue weighted by atomic mass is 19.5. The third-order valence-electron chi connectivity index (χ3n) is 4.85. The van der Waals surface area contributed by atoms with Crippen LogP contribution in [0.25, 0.3) is 34.1 Å². The summed E-state index contributed by atoms with van der Waals surface area (Å²) in [6, 6.07) is 32.8. The van der Waals surface area contributed by atoms with Crippen LogP contribution >= 0.6 is 0 Å². The van der Waals surface area contributed by atoms with E-state index in [0.29, 0.717) is 0 Å². The van der Waals surface area contributed by atoms with Gasteiger partial charge >= 0.3 is 18.8 Å². The van der Waals surface area contributed by atoms with Gasteiger partial charge in [0.1, 0.15) is 5.75 Å². The molecule has 7 heteroatoms. The summed E-state index contributed by atoms with van der Waals surface area (Å²) in [4.78, 5) is 0. The van der Waals surface area contributed by atoms with Gasteiger partial charge in [0.15, 0.2) is 0 Å². The maximum atomic E-state index is 9.75. The Morgan fingerprint density at radius 1 is 0.735 bits per heavy atom. The lowest BCUT2D eigenvalue weighted by molar-refractivity contribution is 0.368. The van der Waals surface area contributed by atoms with Crippen LogP contribution < -0.4 is 4.74 Å². The van der Waals surface area contributed by atoms with Crippen molar-refractivity contribution in [3.8, 4) is 28.2 Å². The molecule has 0 aliphatic carbocycles. The smallest absolute Gasteiger partial charge is 0.497 e. The van der Waals surface area contributed by atoms with E-state index in [1.807, 2.05) is 48.5 Å². The van der Waals surface area contributed by atoms with E-state index in [1.165, 1.54) is 5.56 Å². The first-order chi connectivity index (χ1) is 16.2. The van der Waals surface area contributed by atoms with Gasteiger partial charge in [-0.05, 0) is 48.4 Å². The van der Waals surface area contributed by atoms with Gasteiger partial charge in [-0.2, -0.15) is 0 Å². The summed E-state index contributed by atoms with van der Waals surface area (Å²) in [5.41, 5.74) is 5.52. The van der Waals surface area contributed by atoms with Gasteiger partial charge in [0.25, 0.3) is 0 Å². The van der Waals surface area contributed by atoms with E-state index in [-0.39, 0.29) is 0 Å². The summed E-state index contributed by atoms with van der Waals surface area (Å²) in [7, 11) is -4.32. The minimum absolute atomic E-state index is 0.848. The van der Waals surface area contributed by atoms with Crippen LogP contribution in [0.2, 0.25) is 0 Å². The highest BCUT2D eigenvalue weighted by Crippen LogP contribution is 2.31. The normalized spacial score (nSPS) is 11.4. The van der Waals surface area contributed by atoms with Crippen LogP contribution in [0.5, 0.6) is 5.75 Å². The largest absolute Gasteiger partial charge is 0.673 e. The zero-order valence-electron chi connectivity index (χ0n) is 18.7. The first-order valence-electron chi connectivity index (χ1n) is 10.5. The number of ether oxygens (including phenoxy) is 1. The van der Waals surface area contributed by atoms with Gasteiger partial charge in [-0.3, -0.25) is 0 Å². The Morgan fingerprint density at radius 2 is 1.26 bits per heavy atom. The van der Waals surface area contributed by atoms with E-state index in [0.717, 1.165) is 39.5 Å². The van der Waals surface area contributed by atoms with Gasteiger partial charge in [0.05, 0.1) is 30.4 Å². The first-order valence-corrected chi connectivity index (χ1v) is 10.5. The minimum atomic E-state index is -6.00. The fourth-order valence-electron chi connectivity index (χ4n) is 3.26. The molecule has 1 aromatic heterocycles. The molecule has 0 fully saturated rings. The zero-order valence-corrected chi connectivity index (χ0v) is 18.7. The van der Waals surface area contributed by atoms with Gasteiger partial charge < -0.3 is 22.0 Å². The summed E-state index contributed by atoms with van der Waals surface area (Å²) in [6.07, 6.45) is 2.13. The molecule has 4 aromatic rings. The van der Waals surface area contributed by atoms with Crippen molar-refractivity contribution in [2.75, 3.05) is 7.11 Å². The van der Waals surface area contributed by atoms with E-state index < -0.39 is 7.25 Å². The van der Waals surface area contributed by atoms with E-state index in [9.17, 15) is 17.3 Å². The molecule has 0 saturated carbocycles. The van der Waals surface area contributed by atoms with Crippen molar-refractivity contribution in [1.82, 2.24) is 0 Å². The molecule has 34 heavy (non-hydrogen) atoms. The SMILES string of the molecule is COc1ccc(/C=C(\C)c2cc(-c3ccccc3)cc(-c3ccccc3)[o+]2)cc1.F[B-](F)(F)F. The second kappa shape index (κ2) is 11.3. The molecular weight excluding hydrogens is 443 g/mol. The molecule has 0 aliphatic heterocycles. The summed E-state index contributed by atoms with van der Waals surface area (Å²) in [6.45, 7) is 2.08. The van der Waals surface area contributed by atoms with E-state index >= 15 is 0 Å². The van der Waals surface area contributed by atoms with Crippen molar-refractivity contribution in [1.29, 1.82) is 0 Å². The molecule has 0 radical (unpaired) electrons. The van der Waals surface area contributed by atoms with Gasteiger partial charge in [-0.1, -0.05) is 60.7 Å². The summed E-state index contributed by atoms with van der Waals surface area (Å²) < 4.78 is 50.6. The molecule has 1 heterocycles. The van der Waals surface area contributed by atoms with Crippen LogP contribution in [0, 0.1) is 0 Å². The van der Waals surface area contributed by atoms with Crippen molar-refractivity contribution >= 4 is 18.9 Å². The molecule has 0 N–H and O–H groups in total. The monoisotopic (exact) mass is 466 g/mol. The third kappa shape index (κ3) is 7.62. The van der Waals surface area contributed by atoms with Crippen molar-refractivity contribution in [2.45, 2.75) is 6.92 Å². The second-order valence-electron chi connectivity index (χ2n) is 7.40. The predicted octanol–water partition coefficient (Wildman–Crippen LogP) is 8.76. The van der Waals surface area contributed by atoms with Crippen LogP contribution in [-0.4, -0.2) is 14.4 Å². The van der Waals surface area contributed by atoms with Gasteiger partial charge in [-0.15, -0.1) is 0 Å². The quantitative estimate of drug-likeness (QED) is 0.167. The highest BCUT2D eigenvalue weighted by molar-refractivity contribution is 6.50. The van der Waals surface area contributed by atoms with Crippen LogP contribution in [0.4, 0.5) is 17.3 Å². The molecule has 2 nitrogen and oxygen atoms in total. The Kier molecular flexibility index (Phi) is 8.25. The average Bonchev–Trinajstić information content (AvgIpc) is 2.84. The predicted molar refractivity (Wildman–Crippen MR) is 131 cm³/mol. The summed E-state index contributed by atoms with van der Waals surface area (Å²) in [5, 5.41) is 0. The maximum Gasteiger partial charge on any atom is 0.673 e. The van der Waals surface area contributed by atoms with Crippen molar-refractivity contribution in [3.05, 3.63) is 108 Å². The fourth-order valence-corrected chi connectivity index (χ4v) is 3.26. The number of allylic oxidation sites excluding steroid dienone is 1. The Bertz CT molecular complexity index is 1160. The standard InChI is InChI=1S/C27H23O2.BF4/c1-20(17-21-13-15-25(28-2)16-14-21)26-18-24(22-9-5-3-6-10-22)19-27(29-26)23-11-7-4-8-12-23;2-1(3,4)5/h3-19H,1-2H3;/q+1;-1/b20-17+;. The molecular formula is C27H23BF4O2. The number of halogens is 4. The average molecular weight is 466 g/mol. The summed E-state index contributed by atoms with van der Waals surface area (Å²) >= 11 is 0. The molecule has 3 aromatic carbocycles. The Hall–Kier alpha value is -3.87. The second-order valence-corrected chi connectivity index (χ2v) is 7.40. The zero-order chi connectivity index (χ0) is 24.6. The van der Waals surface area contributed by atoms with Crippen molar-refractivity contribution < 1.29 is 26.4 Å². The number of rotatable bonds is 5. The molecule has 0 bridgehead atoms. The van der Waals surface area contributed by atoms with Crippen LogP contribution in [0.15, 0.2) is 101 Å². The molecule has 0 atom stereocenters. The van der Waals surface area contributed by atoms with Crippen molar-refractivity contribution in [3.63, 3.8) is 0 Å². The van der Waals surface area contributed by atoms with Gasteiger partial charge in [0, 0.05) is 5.56 Å². The molecule has 0 aliphatic rings. The Balaban J connectivity index is 0.000000588. The van der Waals surface area contributed by atoms with E-state index in [1.54, 1.807) is 7.11 Å². The van der Waals surface area contributed by atoms with Crippen LogP contribution in [0.3, 0.4) is 0 Å². The highest BCUT2D eigenvalue weighted by Gasteiger charge is 2.21. The van der Waals surface area contributed by atoms with Crippen molar-refractivity contribution in [2.24, 2.45) is 0 Å². The topological polar surface area (TPSA) is 20.5 Å². The molecule has 0 amide bonds. The summed E-state index contributed by atoms with van der Waals surface area (Å²) in [5.74, 6) is 2.55. The number of hydrogen-bond acceptors (Lipinski definition) is 1. The maximum absolute atomic E-state index is 9.75. The Morgan fingerprint density at radius 3 is 1.79 bits per heavy atom. The third-order valence-corrected chi connectivity index (χ3v) is 4.85. The molecule has 0 unspecified atom stereocenters. The first kappa shape index (κ1) is 24.8. The molecule has 0 saturated heterocycles. The van der Waals surface area contributed by atoms with Crippen LogP contribution in [-0.2, 0) is 0 Å². The van der Waals surface area contributed by atoms with E-state index in [4.69, 9.17) is 9.15 Å². The minimum Gasteiger partial charge on any atom is -0.497 e. The molecule has 174 valence electrons. The molecule has 4 rings (SSSR count). The Labute approximate surface area is 196 Å². The number of methoxy groups -OCH3 is 1. The van der Waals surface area contributed by atoms with Gasteiger partial charge in [0.2, 0.25) is 0 Å². The lowest BCUT2D eigenvalue weighted by Crippen LogP contribution is -2.02. The van der Waals surface area contributed by atoms with Crippen LogP contribution in [0.1, 0.15) is 18.2 Å². The molecule has 0 spiro atoms. The number of benzene rings is 3. The number of hydrogen-bond donors (Lipinski definition) is 0.